The van der Waals surface area contributed by atoms with Crippen LogP contribution in [0.4, 0.5) is 4.79 Å². The van der Waals surface area contributed by atoms with E-state index >= 15 is 0 Å². The van der Waals surface area contributed by atoms with Gasteiger partial charge in [0.05, 0.1) is 6.21 Å². The maximum atomic E-state index is 10.2. The van der Waals surface area contributed by atoms with E-state index in [9.17, 15) is 4.79 Å². The van der Waals surface area contributed by atoms with Crippen LogP contribution in [-0.4, -0.2) is 12.2 Å². The van der Waals surface area contributed by atoms with Crippen LogP contribution in [0.15, 0.2) is 28.9 Å². The van der Waals surface area contributed by atoms with Gasteiger partial charge >= 0.3 is 6.03 Å². The SMILES string of the molecule is NC(=O)NN=CC1=CCCC=C1. The van der Waals surface area contributed by atoms with Crippen LogP contribution in [0.2, 0.25) is 0 Å². The van der Waals surface area contributed by atoms with Crippen molar-refractivity contribution in [3.05, 3.63) is 23.8 Å². The molecule has 1 aliphatic carbocycles. The van der Waals surface area contributed by atoms with Crippen molar-refractivity contribution >= 4 is 12.2 Å². The fourth-order valence-electron chi connectivity index (χ4n) is 0.900. The Hall–Kier alpha value is -1.58. The molecule has 12 heavy (non-hydrogen) atoms. The average Bonchev–Trinajstić information content (AvgIpc) is 2.05. The number of allylic oxidation sites excluding steroid dienone is 4. The topological polar surface area (TPSA) is 67.5 Å². The van der Waals surface area contributed by atoms with Crippen molar-refractivity contribution in [2.45, 2.75) is 12.8 Å². The first-order valence-electron chi connectivity index (χ1n) is 3.74. The number of carbonyl (C=O) groups excluding carboxylic acids is 1. The van der Waals surface area contributed by atoms with Crippen LogP contribution in [-0.2, 0) is 0 Å². The Morgan fingerprint density at radius 2 is 2.50 bits per heavy atom. The van der Waals surface area contributed by atoms with E-state index in [1.165, 1.54) is 0 Å². The summed E-state index contributed by atoms with van der Waals surface area (Å²) in [6.07, 6.45) is 9.73. The van der Waals surface area contributed by atoms with Crippen molar-refractivity contribution < 1.29 is 4.79 Å². The lowest BCUT2D eigenvalue weighted by molar-refractivity contribution is 0.249. The van der Waals surface area contributed by atoms with E-state index < -0.39 is 6.03 Å². The summed E-state index contributed by atoms with van der Waals surface area (Å²) in [6, 6.07) is -0.647. The molecule has 64 valence electrons. The maximum Gasteiger partial charge on any atom is 0.332 e. The lowest BCUT2D eigenvalue weighted by Gasteiger charge is -1.99. The number of carbonyl (C=O) groups is 1. The number of urea groups is 1. The average molecular weight is 165 g/mol. The summed E-state index contributed by atoms with van der Waals surface area (Å²) >= 11 is 0. The first-order chi connectivity index (χ1) is 5.79. The van der Waals surface area contributed by atoms with Gasteiger partial charge in [0, 0.05) is 0 Å². The van der Waals surface area contributed by atoms with Gasteiger partial charge in [-0.05, 0) is 18.4 Å². The highest BCUT2D eigenvalue weighted by Crippen LogP contribution is 2.06. The fraction of sp³-hybridized carbons (Fsp3) is 0.250. The molecule has 1 aliphatic rings. The van der Waals surface area contributed by atoms with E-state index in [0.29, 0.717) is 0 Å². The Labute approximate surface area is 70.8 Å². The summed E-state index contributed by atoms with van der Waals surface area (Å²) in [5.74, 6) is 0. The summed E-state index contributed by atoms with van der Waals surface area (Å²) in [5, 5.41) is 3.63. The minimum atomic E-state index is -0.647. The van der Waals surface area contributed by atoms with E-state index in [0.717, 1.165) is 18.4 Å². The lowest BCUT2D eigenvalue weighted by Crippen LogP contribution is -2.24. The smallest absolute Gasteiger partial charge is 0.332 e. The molecule has 0 aliphatic heterocycles. The van der Waals surface area contributed by atoms with Gasteiger partial charge in [-0.3, -0.25) is 0 Å². The van der Waals surface area contributed by atoms with Crippen molar-refractivity contribution in [3.8, 4) is 0 Å². The second kappa shape index (κ2) is 4.33. The van der Waals surface area contributed by atoms with Gasteiger partial charge in [-0.25, -0.2) is 10.2 Å². The molecule has 0 aromatic rings. The van der Waals surface area contributed by atoms with Crippen LogP contribution in [0.5, 0.6) is 0 Å². The first-order valence-corrected chi connectivity index (χ1v) is 3.74. The number of nitrogens with two attached hydrogens (primary N) is 1. The molecule has 0 atom stereocenters. The number of hydrogen-bond donors (Lipinski definition) is 2. The van der Waals surface area contributed by atoms with Gasteiger partial charge < -0.3 is 5.73 Å². The molecule has 0 radical (unpaired) electrons. The summed E-state index contributed by atoms with van der Waals surface area (Å²) in [5.41, 5.74) is 7.93. The van der Waals surface area contributed by atoms with Crippen molar-refractivity contribution in [1.29, 1.82) is 0 Å². The number of nitrogens with one attached hydrogen (secondary N) is 1. The van der Waals surface area contributed by atoms with E-state index in [1.807, 2.05) is 12.2 Å². The van der Waals surface area contributed by atoms with Gasteiger partial charge in [0.15, 0.2) is 0 Å². The Kier molecular flexibility index (Phi) is 3.07. The molecule has 0 saturated heterocycles. The summed E-state index contributed by atoms with van der Waals surface area (Å²) in [4.78, 5) is 10.2. The zero-order valence-electron chi connectivity index (χ0n) is 6.66. The third kappa shape index (κ3) is 3.01. The number of primary amides is 1. The minimum absolute atomic E-state index is 0.647. The molecular weight excluding hydrogens is 154 g/mol. The number of hydrogen-bond acceptors (Lipinski definition) is 2. The van der Waals surface area contributed by atoms with Crippen LogP contribution in [0, 0.1) is 0 Å². The van der Waals surface area contributed by atoms with Crippen molar-refractivity contribution in [2.75, 3.05) is 0 Å². The van der Waals surface area contributed by atoms with Gasteiger partial charge in [-0.2, -0.15) is 5.10 Å². The molecule has 0 spiro atoms. The molecule has 4 heteroatoms. The monoisotopic (exact) mass is 165 g/mol. The highest BCUT2D eigenvalue weighted by atomic mass is 16.2. The zero-order valence-corrected chi connectivity index (χ0v) is 6.66. The van der Waals surface area contributed by atoms with Crippen molar-refractivity contribution in [2.24, 2.45) is 10.8 Å². The van der Waals surface area contributed by atoms with Crippen LogP contribution in [0.25, 0.3) is 0 Å². The summed E-state index contributed by atoms with van der Waals surface area (Å²) in [6.45, 7) is 0. The van der Waals surface area contributed by atoms with Gasteiger partial charge in [0.25, 0.3) is 0 Å². The third-order valence-corrected chi connectivity index (χ3v) is 1.41. The molecule has 2 amide bonds. The lowest BCUT2D eigenvalue weighted by atomic mass is 10.1. The second-order valence-electron chi connectivity index (χ2n) is 2.42. The molecule has 0 heterocycles. The van der Waals surface area contributed by atoms with E-state index in [4.69, 9.17) is 5.73 Å². The Bertz CT molecular complexity index is 253. The Morgan fingerprint density at radius 3 is 3.08 bits per heavy atom. The largest absolute Gasteiger partial charge is 0.350 e. The van der Waals surface area contributed by atoms with Gasteiger partial charge in [-0.1, -0.05) is 18.2 Å². The third-order valence-electron chi connectivity index (χ3n) is 1.41. The quantitative estimate of drug-likeness (QED) is 0.463. The minimum Gasteiger partial charge on any atom is -0.350 e. The number of rotatable bonds is 2. The molecular formula is C8H11N3O. The maximum absolute atomic E-state index is 10.2. The van der Waals surface area contributed by atoms with Crippen LogP contribution < -0.4 is 11.2 Å². The van der Waals surface area contributed by atoms with Gasteiger partial charge in [0.2, 0.25) is 0 Å². The predicted octanol–water partition coefficient (Wildman–Crippen LogP) is 0.917. The highest BCUT2D eigenvalue weighted by Gasteiger charge is 1.92. The van der Waals surface area contributed by atoms with Crippen LogP contribution >= 0.6 is 0 Å². The predicted molar refractivity (Wildman–Crippen MR) is 47.7 cm³/mol. The second-order valence-corrected chi connectivity index (χ2v) is 2.42. The Morgan fingerprint density at radius 1 is 1.67 bits per heavy atom. The number of nitrogens with zero attached hydrogens (tertiary/aromatic N) is 1. The molecule has 0 aromatic heterocycles. The number of amides is 2. The summed E-state index contributed by atoms with van der Waals surface area (Å²) in [7, 11) is 0. The van der Waals surface area contributed by atoms with Gasteiger partial charge in [-0.15, -0.1) is 0 Å². The molecule has 1 rings (SSSR count). The molecule has 3 N–H and O–H groups in total. The molecule has 0 bridgehead atoms. The highest BCUT2D eigenvalue weighted by molar-refractivity contribution is 5.83. The van der Waals surface area contributed by atoms with Crippen molar-refractivity contribution in [1.82, 2.24) is 5.43 Å². The van der Waals surface area contributed by atoms with Crippen LogP contribution in [0.1, 0.15) is 12.8 Å². The van der Waals surface area contributed by atoms with E-state index in [1.54, 1.807) is 6.21 Å². The summed E-state index contributed by atoms with van der Waals surface area (Å²) < 4.78 is 0. The zero-order chi connectivity index (χ0) is 8.81. The van der Waals surface area contributed by atoms with Crippen molar-refractivity contribution in [3.63, 3.8) is 0 Å². The molecule has 0 saturated carbocycles. The molecule has 0 aromatic carbocycles. The normalized spacial score (nSPS) is 16.2. The fourth-order valence-corrected chi connectivity index (χ4v) is 0.900. The van der Waals surface area contributed by atoms with E-state index in [2.05, 4.69) is 16.6 Å². The number of hydrazone groups is 1. The van der Waals surface area contributed by atoms with Gasteiger partial charge in [0.1, 0.15) is 0 Å². The van der Waals surface area contributed by atoms with E-state index in [-0.39, 0.29) is 0 Å². The van der Waals surface area contributed by atoms with Crippen LogP contribution in [0.3, 0.4) is 0 Å². The molecule has 4 nitrogen and oxygen atoms in total. The molecule has 0 fully saturated rings. The standard InChI is InChI=1S/C8H11N3O/c9-8(12)11-10-6-7-4-2-1-3-5-7/h2,4-6H,1,3H2,(H3,9,11,12). The Balaban J connectivity index is 2.39. The first kappa shape index (κ1) is 8.52. The molecule has 0 unspecified atom stereocenters.